The van der Waals surface area contributed by atoms with Crippen LogP contribution in [0.2, 0.25) is 0 Å². The molecule has 0 spiro atoms. The van der Waals surface area contributed by atoms with Crippen molar-refractivity contribution in [3.05, 3.63) is 34.9 Å². The molecule has 2 unspecified atom stereocenters. The Hall–Kier alpha value is -0.820. The van der Waals surface area contributed by atoms with Gasteiger partial charge in [-0.2, -0.15) is 0 Å². The summed E-state index contributed by atoms with van der Waals surface area (Å²) >= 11 is 0. The van der Waals surface area contributed by atoms with Gasteiger partial charge in [0.2, 0.25) is 0 Å². The molecule has 0 aliphatic carbocycles. The first-order valence-electron chi connectivity index (χ1n) is 5.31. The number of hydrogen-bond acceptors (Lipinski definition) is 1. The minimum atomic E-state index is -0.320. The monoisotopic (exact) mass is 192 g/mol. The first-order chi connectivity index (χ1) is 6.56. The Labute approximate surface area is 86.8 Å². The maximum atomic E-state index is 10.0. The van der Waals surface area contributed by atoms with E-state index >= 15 is 0 Å². The fourth-order valence-corrected chi connectivity index (χ4v) is 1.50. The summed E-state index contributed by atoms with van der Waals surface area (Å²) in [6.45, 7) is 8.37. The Morgan fingerprint density at radius 2 is 1.86 bits per heavy atom. The zero-order chi connectivity index (χ0) is 10.7. The van der Waals surface area contributed by atoms with E-state index in [1.165, 1.54) is 11.1 Å². The lowest BCUT2D eigenvalue weighted by molar-refractivity contribution is 0.115. The number of aliphatic hydroxyl groups excluding tert-OH is 1. The van der Waals surface area contributed by atoms with Gasteiger partial charge in [-0.1, -0.05) is 38.5 Å². The van der Waals surface area contributed by atoms with Crippen LogP contribution in [0.1, 0.15) is 43.1 Å². The van der Waals surface area contributed by atoms with E-state index in [0.717, 1.165) is 12.0 Å². The van der Waals surface area contributed by atoms with E-state index in [-0.39, 0.29) is 6.10 Å². The molecule has 1 aromatic rings. The van der Waals surface area contributed by atoms with Crippen molar-refractivity contribution in [3.8, 4) is 0 Å². The first-order valence-corrected chi connectivity index (χ1v) is 5.31. The summed E-state index contributed by atoms with van der Waals surface area (Å²) in [6, 6.07) is 6.20. The van der Waals surface area contributed by atoms with E-state index in [9.17, 15) is 5.11 Å². The first kappa shape index (κ1) is 11.3. The van der Waals surface area contributed by atoms with Gasteiger partial charge in [0.25, 0.3) is 0 Å². The molecule has 1 rings (SSSR count). The summed E-state index contributed by atoms with van der Waals surface area (Å²) in [5.74, 6) is 0.331. The molecule has 0 aliphatic rings. The van der Waals surface area contributed by atoms with Crippen LogP contribution in [-0.4, -0.2) is 5.11 Å². The van der Waals surface area contributed by atoms with Crippen LogP contribution >= 0.6 is 0 Å². The van der Waals surface area contributed by atoms with Crippen molar-refractivity contribution in [3.63, 3.8) is 0 Å². The molecular weight excluding hydrogens is 172 g/mol. The third kappa shape index (κ3) is 2.36. The predicted molar refractivity (Wildman–Crippen MR) is 60.3 cm³/mol. The van der Waals surface area contributed by atoms with Crippen LogP contribution in [0.4, 0.5) is 0 Å². The Balaban J connectivity index is 2.91. The highest BCUT2D eigenvalue weighted by Gasteiger charge is 2.14. The summed E-state index contributed by atoms with van der Waals surface area (Å²) in [7, 11) is 0. The highest BCUT2D eigenvalue weighted by atomic mass is 16.3. The number of aryl methyl sites for hydroxylation is 2. The van der Waals surface area contributed by atoms with Crippen molar-refractivity contribution < 1.29 is 5.11 Å². The van der Waals surface area contributed by atoms with Gasteiger partial charge in [0, 0.05) is 0 Å². The number of aliphatic hydroxyl groups is 1. The van der Waals surface area contributed by atoms with Crippen molar-refractivity contribution in [2.45, 2.75) is 40.2 Å². The molecule has 1 nitrogen and oxygen atoms in total. The van der Waals surface area contributed by atoms with Crippen molar-refractivity contribution in [1.82, 2.24) is 0 Å². The van der Waals surface area contributed by atoms with Gasteiger partial charge in [0.05, 0.1) is 6.10 Å². The van der Waals surface area contributed by atoms with Gasteiger partial charge in [-0.05, 0) is 36.5 Å². The van der Waals surface area contributed by atoms with Crippen molar-refractivity contribution in [2.75, 3.05) is 0 Å². The van der Waals surface area contributed by atoms with E-state index in [0.29, 0.717) is 5.92 Å². The molecule has 0 fully saturated rings. The number of rotatable bonds is 3. The quantitative estimate of drug-likeness (QED) is 0.778. The fraction of sp³-hybridized carbons (Fsp3) is 0.538. The van der Waals surface area contributed by atoms with Gasteiger partial charge < -0.3 is 5.11 Å². The molecule has 0 bridgehead atoms. The molecule has 1 N–H and O–H groups in total. The molecule has 0 radical (unpaired) electrons. The van der Waals surface area contributed by atoms with E-state index in [1.807, 2.05) is 6.07 Å². The van der Waals surface area contributed by atoms with Crippen molar-refractivity contribution in [2.24, 2.45) is 5.92 Å². The van der Waals surface area contributed by atoms with E-state index in [2.05, 4.69) is 39.8 Å². The summed E-state index contributed by atoms with van der Waals surface area (Å²) in [4.78, 5) is 0. The molecule has 0 saturated heterocycles. The Morgan fingerprint density at radius 3 is 2.36 bits per heavy atom. The molecule has 78 valence electrons. The normalized spacial score (nSPS) is 15.2. The average molecular weight is 192 g/mol. The largest absolute Gasteiger partial charge is 0.388 e. The van der Waals surface area contributed by atoms with Crippen LogP contribution in [0.3, 0.4) is 0 Å². The SMILES string of the molecule is CCC(C)C(O)c1ccc(C)c(C)c1. The Morgan fingerprint density at radius 1 is 1.21 bits per heavy atom. The Kier molecular flexibility index (Phi) is 3.70. The topological polar surface area (TPSA) is 20.2 Å². The molecular formula is C13H20O. The fourth-order valence-electron chi connectivity index (χ4n) is 1.50. The van der Waals surface area contributed by atoms with Gasteiger partial charge in [-0.15, -0.1) is 0 Å². The number of benzene rings is 1. The summed E-state index contributed by atoms with van der Waals surface area (Å²) < 4.78 is 0. The zero-order valence-electron chi connectivity index (χ0n) is 9.54. The minimum Gasteiger partial charge on any atom is -0.388 e. The smallest absolute Gasteiger partial charge is 0.0815 e. The summed E-state index contributed by atoms with van der Waals surface area (Å²) in [6.07, 6.45) is 0.688. The summed E-state index contributed by atoms with van der Waals surface area (Å²) in [5, 5.41) is 10.0. The van der Waals surface area contributed by atoms with Crippen molar-refractivity contribution in [1.29, 1.82) is 0 Å². The zero-order valence-corrected chi connectivity index (χ0v) is 9.54. The maximum Gasteiger partial charge on any atom is 0.0815 e. The van der Waals surface area contributed by atoms with Crippen molar-refractivity contribution >= 4 is 0 Å². The molecule has 0 heterocycles. The van der Waals surface area contributed by atoms with Gasteiger partial charge in [-0.25, -0.2) is 0 Å². The van der Waals surface area contributed by atoms with Crippen LogP contribution < -0.4 is 0 Å². The molecule has 2 atom stereocenters. The third-order valence-corrected chi connectivity index (χ3v) is 3.06. The molecule has 0 amide bonds. The average Bonchev–Trinajstić information content (AvgIpc) is 2.20. The van der Waals surface area contributed by atoms with Gasteiger partial charge in [-0.3, -0.25) is 0 Å². The van der Waals surface area contributed by atoms with E-state index in [1.54, 1.807) is 0 Å². The second-order valence-electron chi connectivity index (χ2n) is 4.17. The molecule has 14 heavy (non-hydrogen) atoms. The van der Waals surface area contributed by atoms with Gasteiger partial charge >= 0.3 is 0 Å². The van der Waals surface area contributed by atoms with Crippen LogP contribution in [-0.2, 0) is 0 Å². The standard InChI is InChI=1S/C13H20O/c1-5-9(2)13(14)12-7-6-10(3)11(4)8-12/h6-9,13-14H,5H2,1-4H3. The van der Waals surface area contributed by atoms with Crippen LogP contribution in [0.25, 0.3) is 0 Å². The van der Waals surface area contributed by atoms with Crippen LogP contribution in [0.5, 0.6) is 0 Å². The lowest BCUT2D eigenvalue weighted by Crippen LogP contribution is -2.08. The summed E-state index contributed by atoms with van der Waals surface area (Å²) in [5.41, 5.74) is 3.58. The Bertz CT molecular complexity index is 304. The molecule has 1 heteroatoms. The maximum absolute atomic E-state index is 10.0. The second kappa shape index (κ2) is 4.61. The van der Waals surface area contributed by atoms with Crippen LogP contribution in [0.15, 0.2) is 18.2 Å². The molecule has 0 saturated carbocycles. The second-order valence-corrected chi connectivity index (χ2v) is 4.17. The molecule has 0 aromatic heterocycles. The van der Waals surface area contributed by atoms with Gasteiger partial charge in [0.1, 0.15) is 0 Å². The highest BCUT2D eigenvalue weighted by Crippen LogP contribution is 2.25. The van der Waals surface area contributed by atoms with E-state index in [4.69, 9.17) is 0 Å². The number of hydrogen-bond donors (Lipinski definition) is 1. The van der Waals surface area contributed by atoms with Crippen LogP contribution in [0, 0.1) is 19.8 Å². The lowest BCUT2D eigenvalue weighted by atomic mass is 9.93. The third-order valence-electron chi connectivity index (χ3n) is 3.06. The molecule has 0 aliphatic heterocycles. The minimum absolute atomic E-state index is 0.320. The van der Waals surface area contributed by atoms with E-state index < -0.39 is 0 Å². The lowest BCUT2D eigenvalue weighted by Gasteiger charge is -2.18. The highest BCUT2D eigenvalue weighted by molar-refractivity contribution is 5.31. The predicted octanol–water partition coefficient (Wildman–Crippen LogP) is 3.38. The molecule has 1 aromatic carbocycles. The van der Waals surface area contributed by atoms with Gasteiger partial charge in [0.15, 0.2) is 0 Å².